The molecule has 1 amide bonds. The molecule has 25 heavy (non-hydrogen) atoms. The van der Waals surface area contributed by atoms with Crippen molar-refractivity contribution in [2.75, 3.05) is 13.7 Å². The molecular weight excluding hydrogens is 320 g/mol. The van der Waals surface area contributed by atoms with E-state index in [2.05, 4.69) is 17.1 Å². The Balaban J connectivity index is 1.98. The van der Waals surface area contributed by atoms with E-state index in [-0.39, 0.29) is 36.7 Å². The molecule has 0 bridgehead atoms. The number of likely N-dealkylation sites (tertiary alicyclic amines) is 1. The van der Waals surface area contributed by atoms with Gasteiger partial charge in [0.25, 0.3) is 0 Å². The number of carbonyl (C=O) groups is 1. The van der Waals surface area contributed by atoms with Crippen molar-refractivity contribution in [2.24, 2.45) is 5.92 Å². The van der Waals surface area contributed by atoms with E-state index in [0.29, 0.717) is 6.54 Å². The normalized spacial score (nSPS) is 34.5. The molecule has 2 saturated heterocycles. The van der Waals surface area contributed by atoms with Crippen LogP contribution in [0.3, 0.4) is 0 Å². The molecule has 2 aliphatic heterocycles. The number of fused-ring (bicyclic) bond motifs is 1. The zero-order valence-electron chi connectivity index (χ0n) is 15.3. The van der Waals surface area contributed by atoms with E-state index in [1.807, 2.05) is 44.2 Å². The molecule has 6 heteroatoms. The molecule has 0 radical (unpaired) electrons. The summed E-state index contributed by atoms with van der Waals surface area (Å²) in [6.07, 6.45) is -0.585. The first-order valence-corrected chi connectivity index (χ1v) is 8.85. The van der Waals surface area contributed by atoms with E-state index in [0.717, 1.165) is 5.56 Å². The maximum Gasteiger partial charge on any atom is 0.239 e. The summed E-state index contributed by atoms with van der Waals surface area (Å²) < 4.78 is 12.2. The molecule has 2 heterocycles. The molecule has 0 spiro atoms. The number of likely N-dealkylation sites (N-methyl/N-ethyl adjacent to an activating group) is 1. The van der Waals surface area contributed by atoms with E-state index < -0.39 is 11.8 Å². The fourth-order valence-electron chi connectivity index (χ4n) is 4.11. The van der Waals surface area contributed by atoms with Gasteiger partial charge in [-0.25, -0.2) is 0 Å². The quantitative estimate of drug-likeness (QED) is 0.854. The lowest BCUT2D eigenvalue weighted by Gasteiger charge is -2.48. The highest BCUT2D eigenvalue weighted by Gasteiger charge is 2.57. The molecule has 2 N–H and O–H groups in total. The van der Waals surface area contributed by atoms with Crippen molar-refractivity contribution in [3.05, 3.63) is 35.9 Å². The summed E-state index contributed by atoms with van der Waals surface area (Å²) >= 11 is 0. The summed E-state index contributed by atoms with van der Waals surface area (Å²) in [6.45, 7) is 6.33. The Morgan fingerprint density at radius 3 is 2.48 bits per heavy atom. The number of amides is 1. The topological polar surface area (TPSA) is 71.0 Å². The van der Waals surface area contributed by atoms with E-state index >= 15 is 0 Å². The van der Waals surface area contributed by atoms with Crippen molar-refractivity contribution in [3.63, 3.8) is 0 Å². The van der Waals surface area contributed by atoms with Crippen LogP contribution in [0, 0.1) is 5.92 Å². The molecule has 0 unspecified atom stereocenters. The Kier molecular flexibility index (Phi) is 5.16. The Bertz CT molecular complexity index is 607. The lowest BCUT2D eigenvalue weighted by molar-refractivity contribution is -0.154. The standard InChI is InChI=1S/C19H28N2O4/c1-12-14(11-22)21(10-13-8-6-5-7-9-13)15(18(23)20-4)17-16(12)24-19(2,3)25-17/h5-9,12,14-17,22H,10-11H2,1-4H3,(H,20,23)/t12-,14-,15+,16+,17-/m1/s1. The first-order valence-electron chi connectivity index (χ1n) is 8.85. The fraction of sp³-hybridized carbons (Fsp3) is 0.632. The molecule has 1 aromatic rings. The van der Waals surface area contributed by atoms with Crippen LogP contribution in [-0.4, -0.2) is 59.6 Å². The van der Waals surface area contributed by atoms with E-state index in [9.17, 15) is 9.90 Å². The number of nitrogens with one attached hydrogen (secondary N) is 1. The van der Waals surface area contributed by atoms with Crippen molar-refractivity contribution in [3.8, 4) is 0 Å². The van der Waals surface area contributed by atoms with Crippen molar-refractivity contribution >= 4 is 5.91 Å². The number of piperidine rings is 1. The minimum atomic E-state index is -0.737. The van der Waals surface area contributed by atoms with Gasteiger partial charge in [0.05, 0.1) is 12.7 Å². The van der Waals surface area contributed by atoms with Crippen LogP contribution < -0.4 is 5.32 Å². The second kappa shape index (κ2) is 7.03. The van der Waals surface area contributed by atoms with Crippen LogP contribution in [-0.2, 0) is 20.8 Å². The minimum Gasteiger partial charge on any atom is -0.395 e. The maximum atomic E-state index is 12.7. The molecular formula is C19H28N2O4. The lowest BCUT2D eigenvalue weighted by atomic mass is 9.81. The molecule has 5 atom stereocenters. The molecule has 138 valence electrons. The number of hydrogen-bond acceptors (Lipinski definition) is 5. The van der Waals surface area contributed by atoms with E-state index in [1.54, 1.807) is 7.05 Å². The second-order valence-corrected chi connectivity index (χ2v) is 7.39. The number of carbonyl (C=O) groups excluding carboxylic acids is 1. The van der Waals surface area contributed by atoms with Gasteiger partial charge >= 0.3 is 0 Å². The smallest absolute Gasteiger partial charge is 0.239 e. The van der Waals surface area contributed by atoms with Crippen LogP contribution in [0.15, 0.2) is 30.3 Å². The van der Waals surface area contributed by atoms with Crippen LogP contribution in [0.4, 0.5) is 0 Å². The van der Waals surface area contributed by atoms with Crippen molar-refractivity contribution in [2.45, 2.75) is 57.4 Å². The Morgan fingerprint density at radius 2 is 1.88 bits per heavy atom. The van der Waals surface area contributed by atoms with Crippen LogP contribution >= 0.6 is 0 Å². The highest BCUT2D eigenvalue weighted by atomic mass is 16.8. The number of benzene rings is 1. The fourth-order valence-corrected chi connectivity index (χ4v) is 4.11. The van der Waals surface area contributed by atoms with E-state index in [1.165, 1.54) is 0 Å². The maximum absolute atomic E-state index is 12.7. The molecule has 2 fully saturated rings. The van der Waals surface area contributed by atoms with Crippen LogP contribution in [0.25, 0.3) is 0 Å². The molecule has 3 rings (SSSR count). The predicted molar refractivity (Wildman–Crippen MR) is 93.7 cm³/mol. The predicted octanol–water partition coefficient (Wildman–Crippen LogP) is 1.13. The SMILES string of the molecule is CNC(=O)[C@@H]1[C@H]2OC(C)(C)O[C@H]2[C@H](C)[C@@H](CO)N1Cc1ccccc1. The van der Waals surface area contributed by atoms with Gasteiger partial charge in [-0.1, -0.05) is 37.3 Å². The Labute approximate surface area is 149 Å². The van der Waals surface area contributed by atoms with Crippen molar-refractivity contribution in [1.29, 1.82) is 0 Å². The number of ether oxygens (including phenoxy) is 2. The first kappa shape index (κ1) is 18.3. The van der Waals surface area contributed by atoms with Gasteiger partial charge in [0.2, 0.25) is 5.91 Å². The van der Waals surface area contributed by atoms with E-state index in [4.69, 9.17) is 9.47 Å². The average molecular weight is 348 g/mol. The van der Waals surface area contributed by atoms with Gasteiger partial charge in [-0.15, -0.1) is 0 Å². The molecule has 6 nitrogen and oxygen atoms in total. The molecule has 2 aliphatic rings. The van der Waals surface area contributed by atoms with Gasteiger partial charge in [-0.3, -0.25) is 9.69 Å². The van der Waals surface area contributed by atoms with Gasteiger partial charge in [-0.2, -0.15) is 0 Å². The Hall–Kier alpha value is -1.47. The number of hydrogen-bond donors (Lipinski definition) is 2. The zero-order chi connectivity index (χ0) is 18.2. The Morgan fingerprint density at radius 1 is 1.24 bits per heavy atom. The number of rotatable bonds is 4. The monoisotopic (exact) mass is 348 g/mol. The van der Waals surface area contributed by atoms with Gasteiger partial charge in [0, 0.05) is 25.6 Å². The van der Waals surface area contributed by atoms with Gasteiger partial charge in [-0.05, 0) is 19.4 Å². The zero-order valence-corrected chi connectivity index (χ0v) is 15.3. The third kappa shape index (κ3) is 3.44. The number of aliphatic hydroxyl groups is 1. The third-order valence-corrected chi connectivity index (χ3v) is 5.29. The summed E-state index contributed by atoms with van der Waals surface area (Å²) in [5, 5.41) is 12.8. The highest BCUT2D eigenvalue weighted by Crippen LogP contribution is 2.42. The summed E-state index contributed by atoms with van der Waals surface area (Å²) in [7, 11) is 1.63. The van der Waals surface area contributed by atoms with Gasteiger partial charge in [0.15, 0.2) is 5.79 Å². The summed E-state index contributed by atoms with van der Waals surface area (Å²) in [4.78, 5) is 14.8. The third-order valence-electron chi connectivity index (χ3n) is 5.29. The number of aliphatic hydroxyl groups excluding tert-OH is 1. The lowest BCUT2D eigenvalue weighted by Crippen LogP contribution is -2.66. The second-order valence-electron chi connectivity index (χ2n) is 7.39. The molecule has 0 aromatic heterocycles. The summed E-state index contributed by atoms with van der Waals surface area (Å²) in [5.41, 5.74) is 1.10. The first-order chi connectivity index (χ1) is 11.9. The largest absolute Gasteiger partial charge is 0.395 e. The van der Waals surface area contributed by atoms with Crippen molar-refractivity contribution in [1.82, 2.24) is 10.2 Å². The summed E-state index contributed by atoms with van der Waals surface area (Å²) in [6, 6.07) is 9.30. The average Bonchev–Trinajstić information content (AvgIpc) is 2.91. The van der Waals surface area contributed by atoms with Crippen LogP contribution in [0.1, 0.15) is 26.3 Å². The van der Waals surface area contributed by atoms with Crippen LogP contribution in [0.2, 0.25) is 0 Å². The van der Waals surface area contributed by atoms with Gasteiger partial charge < -0.3 is 19.9 Å². The molecule has 0 saturated carbocycles. The highest BCUT2D eigenvalue weighted by molar-refractivity contribution is 5.82. The van der Waals surface area contributed by atoms with Crippen LogP contribution in [0.5, 0.6) is 0 Å². The van der Waals surface area contributed by atoms with Crippen molar-refractivity contribution < 1.29 is 19.4 Å². The molecule has 1 aromatic carbocycles. The summed E-state index contributed by atoms with van der Waals surface area (Å²) in [5.74, 6) is -0.808. The minimum absolute atomic E-state index is 0.0332. The molecule has 0 aliphatic carbocycles. The number of nitrogens with zero attached hydrogens (tertiary/aromatic N) is 1. The van der Waals surface area contributed by atoms with Gasteiger partial charge in [0.1, 0.15) is 12.1 Å².